The largest absolute Gasteiger partial charge is 1.00 e. The maximum atomic E-state index is 6.25. The van der Waals surface area contributed by atoms with Gasteiger partial charge in [0.15, 0.2) is 0 Å². The van der Waals surface area contributed by atoms with Crippen molar-refractivity contribution in [3.63, 3.8) is 0 Å². The summed E-state index contributed by atoms with van der Waals surface area (Å²) < 4.78 is 0. The number of hydrogen-bond acceptors (Lipinski definition) is 1. The van der Waals surface area contributed by atoms with Crippen LogP contribution in [0.2, 0.25) is 0 Å². The molecule has 0 radical (unpaired) electrons. The van der Waals surface area contributed by atoms with E-state index in [0.717, 1.165) is 6.42 Å². The number of unbranched alkanes of at least 4 members (excludes halogenated alkanes) is 4. The van der Waals surface area contributed by atoms with Gasteiger partial charge in [0.1, 0.15) is 0 Å². The maximum absolute atomic E-state index is 6.25. The van der Waals surface area contributed by atoms with Crippen molar-refractivity contribution in [3.05, 3.63) is 26.7 Å². The van der Waals surface area contributed by atoms with Crippen molar-refractivity contribution in [1.29, 1.82) is 5.26 Å². The summed E-state index contributed by atoms with van der Waals surface area (Å²) in [7, 11) is 0. The number of hydrogen-bond donors (Lipinski definition) is 0. The maximum Gasteiger partial charge on any atom is 1.00 e. The van der Waals surface area contributed by atoms with Crippen molar-refractivity contribution in [3.8, 4) is 0 Å². The molecule has 0 rings (SSSR count). The Kier molecular flexibility index (Phi) is 126. The number of nitrogens with zero attached hydrogens (tertiary/aromatic N) is 1. The summed E-state index contributed by atoms with van der Waals surface area (Å²) in [6, 6.07) is 0. The minimum atomic E-state index is 0. The average Bonchev–Trinajstić information content (AvgIpc) is 2.02. The SMILES string of the molecule is [C-]#N.[CH-]=CCCCCCC.[CH3-].[Cu+].[Li+].[Li+]. The summed E-state index contributed by atoms with van der Waals surface area (Å²) >= 11 is 0. The van der Waals surface area contributed by atoms with Crippen LogP contribution in [0.25, 0.3) is 0 Å². The monoisotopic (exact) mass is 229 g/mol. The zero-order valence-corrected chi connectivity index (χ0v) is 10.9. The molecule has 0 aromatic heterocycles. The van der Waals surface area contributed by atoms with E-state index in [2.05, 4.69) is 6.92 Å². The first-order valence-corrected chi connectivity index (χ1v) is 3.67. The molecular weight excluding hydrogens is 212 g/mol. The van der Waals surface area contributed by atoms with Gasteiger partial charge in [0, 0.05) is 0 Å². The summed E-state index contributed by atoms with van der Waals surface area (Å²) in [5.41, 5.74) is 0. The van der Waals surface area contributed by atoms with Gasteiger partial charge in [-0.05, 0) is 0 Å². The Balaban J connectivity index is -0.0000000250. The second kappa shape index (κ2) is 48.5. The molecule has 0 spiro atoms. The minimum Gasteiger partial charge on any atom is -0.518 e. The first kappa shape index (κ1) is 36.3. The Morgan fingerprint density at radius 1 is 1.14 bits per heavy atom. The van der Waals surface area contributed by atoms with Gasteiger partial charge in [-0.15, -0.1) is 0 Å². The van der Waals surface area contributed by atoms with Gasteiger partial charge in [0.05, 0.1) is 0 Å². The van der Waals surface area contributed by atoms with Crippen LogP contribution < -0.4 is 37.7 Å². The van der Waals surface area contributed by atoms with Crippen molar-refractivity contribution in [1.82, 2.24) is 0 Å². The summed E-state index contributed by atoms with van der Waals surface area (Å²) in [5, 5.41) is 6.25. The Labute approximate surface area is 125 Å². The average molecular weight is 230 g/mol. The third kappa shape index (κ3) is 52.3. The van der Waals surface area contributed by atoms with Gasteiger partial charge < -0.3 is 25.8 Å². The molecule has 0 aromatic carbocycles. The topological polar surface area (TPSA) is 23.8 Å². The number of rotatable bonds is 5. The first-order valence-electron chi connectivity index (χ1n) is 3.67. The molecule has 14 heavy (non-hydrogen) atoms. The van der Waals surface area contributed by atoms with Gasteiger partial charge in [-0.25, -0.2) is 0 Å². The quantitative estimate of drug-likeness (QED) is 0.291. The molecule has 0 aliphatic carbocycles. The zero-order valence-electron chi connectivity index (χ0n) is 9.94. The summed E-state index contributed by atoms with van der Waals surface area (Å²) in [6.45, 7) is 12.2. The van der Waals surface area contributed by atoms with Crippen molar-refractivity contribution < 1.29 is 54.8 Å². The second-order valence-electron chi connectivity index (χ2n) is 2.09. The van der Waals surface area contributed by atoms with Crippen molar-refractivity contribution >= 4 is 0 Å². The van der Waals surface area contributed by atoms with Crippen LogP contribution in [0.5, 0.6) is 0 Å². The Hall–Kier alpha value is 0.944. The van der Waals surface area contributed by atoms with E-state index in [1.54, 1.807) is 6.08 Å². The zero-order chi connectivity index (χ0) is 8.24. The molecule has 0 aromatic rings. The van der Waals surface area contributed by atoms with Crippen molar-refractivity contribution in [2.75, 3.05) is 0 Å². The molecule has 1 nitrogen and oxygen atoms in total. The van der Waals surface area contributed by atoms with Crippen LogP contribution in [-0.2, 0) is 17.1 Å². The summed E-state index contributed by atoms with van der Waals surface area (Å²) in [6.07, 6.45) is 8.10. The first-order chi connectivity index (χ1) is 4.91. The minimum absolute atomic E-state index is 0. The summed E-state index contributed by atoms with van der Waals surface area (Å²) in [5.74, 6) is 0. The van der Waals surface area contributed by atoms with Crippen LogP contribution in [0.15, 0.2) is 6.08 Å². The van der Waals surface area contributed by atoms with Crippen LogP contribution in [0.4, 0.5) is 0 Å². The Bertz CT molecular complexity index is 87.4. The molecule has 0 unspecified atom stereocenters. The molecule has 76 valence electrons. The van der Waals surface area contributed by atoms with Crippen molar-refractivity contribution in [2.24, 2.45) is 0 Å². The number of allylic oxidation sites excluding steroid dienone is 1. The fraction of sp³-hybridized carbons (Fsp3) is 0.600. The third-order valence-corrected chi connectivity index (χ3v) is 1.22. The molecular formula is C10H18CuLi2N. The van der Waals surface area contributed by atoms with Gasteiger partial charge in [0.2, 0.25) is 0 Å². The smallest absolute Gasteiger partial charge is 0.518 e. The molecule has 0 fully saturated rings. The van der Waals surface area contributed by atoms with Gasteiger partial charge in [-0.3, -0.25) is 6.08 Å². The van der Waals surface area contributed by atoms with E-state index in [9.17, 15) is 0 Å². The van der Waals surface area contributed by atoms with E-state index in [-0.39, 0.29) is 62.2 Å². The van der Waals surface area contributed by atoms with Crippen LogP contribution >= 0.6 is 0 Å². The van der Waals surface area contributed by atoms with Crippen LogP contribution in [0.3, 0.4) is 0 Å². The molecule has 0 bridgehead atoms. The van der Waals surface area contributed by atoms with E-state index in [4.69, 9.17) is 18.4 Å². The normalized spacial score (nSPS) is 5.36. The fourth-order valence-corrected chi connectivity index (χ4v) is 0.689. The van der Waals surface area contributed by atoms with Crippen molar-refractivity contribution in [2.45, 2.75) is 39.0 Å². The van der Waals surface area contributed by atoms with E-state index in [1.165, 1.54) is 25.7 Å². The van der Waals surface area contributed by atoms with Crippen LogP contribution in [0, 0.1) is 25.8 Å². The third-order valence-electron chi connectivity index (χ3n) is 1.22. The molecule has 4 heteroatoms. The van der Waals surface area contributed by atoms with E-state index < -0.39 is 0 Å². The van der Waals surface area contributed by atoms with Gasteiger partial charge in [0.25, 0.3) is 0 Å². The van der Waals surface area contributed by atoms with E-state index in [0.29, 0.717) is 0 Å². The standard InChI is InChI=1S/C8H15.CN.CH3.Cu.2Li/c1-3-5-7-8-6-4-2;1-2;;;;/h1,3H,4-8H2,2H3;;1H3;;;/q3*-1;3*+1. The van der Waals surface area contributed by atoms with Gasteiger partial charge in [-0.2, -0.15) is 0 Å². The Morgan fingerprint density at radius 2 is 1.57 bits per heavy atom. The molecule has 0 saturated heterocycles. The molecule has 0 N–H and O–H groups in total. The van der Waals surface area contributed by atoms with Gasteiger partial charge in [-0.1, -0.05) is 39.0 Å². The predicted octanol–water partition coefficient (Wildman–Crippen LogP) is -2.50. The van der Waals surface area contributed by atoms with E-state index >= 15 is 0 Å². The molecule has 0 aliphatic rings. The second-order valence-corrected chi connectivity index (χ2v) is 2.09. The van der Waals surface area contributed by atoms with Gasteiger partial charge >= 0.3 is 54.8 Å². The molecule has 0 saturated carbocycles. The molecule has 0 heterocycles. The van der Waals surface area contributed by atoms with Crippen LogP contribution in [-0.4, -0.2) is 0 Å². The fourth-order valence-electron chi connectivity index (χ4n) is 0.689. The summed E-state index contributed by atoms with van der Waals surface area (Å²) in [4.78, 5) is 0. The molecule has 0 atom stereocenters. The Morgan fingerprint density at radius 3 is 1.86 bits per heavy atom. The van der Waals surface area contributed by atoms with Crippen LogP contribution in [0.1, 0.15) is 39.0 Å². The predicted molar refractivity (Wildman–Crippen MR) is 49.0 cm³/mol. The molecule has 0 aliphatic heterocycles. The molecule has 0 amide bonds. The van der Waals surface area contributed by atoms with E-state index in [1.807, 2.05) is 0 Å².